The lowest BCUT2D eigenvalue weighted by Crippen LogP contribution is -2.30. The van der Waals surface area contributed by atoms with Crippen molar-refractivity contribution in [3.63, 3.8) is 0 Å². The molecule has 1 N–H and O–H groups in total. The minimum atomic E-state index is 0.387. The Morgan fingerprint density at radius 3 is 2.52 bits per heavy atom. The summed E-state index contributed by atoms with van der Waals surface area (Å²) >= 11 is 0. The Morgan fingerprint density at radius 1 is 1.29 bits per heavy atom. The molecule has 0 radical (unpaired) electrons. The molecule has 1 aromatic rings. The van der Waals surface area contributed by atoms with Gasteiger partial charge in [-0.15, -0.1) is 0 Å². The Morgan fingerprint density at radius 2 is 2.05 bits per heavy atom. The van der Waals surface area contributed by atoms with Crippen molar-refractivity contribution < 1.29 is 0 Å². The van der Waals surface area contributed by atoms with Crippen LogP contribution >= 0.6 is 0 Å². The summed E-state index contributed by atoms with van der Waals surface area (Å²) in [6.07, 6.45) is 7.00. The normalized spacial score (nSPS) is 16.2. The van der Waals surface area contributed by atoms with E-state index in [1.54, 1.807) is 0 Å². The molecule has 0 saturated heterocycles. The largest absolute Gasteiger partial charge is 0.367 e. The molecule has 1 saturated carbocycles. The van der Waals surface area contributed by atoms with E-state index in [0.717, 1.165) is 25.6 Å². The molecule has 0 aliphatic heterocycles. The second kappa shape index (κ2) is 7.79. The molecule has 1 fully saturated rings. The summed E-state index contributed by atoms with van der Waals surface area (Å²) in [5.41, 5.74) is 2.47. The lowest BCUT2D eigenvalue weighted by atomic mass is 10.1. The standard InChI is InChI=1S/C18H31N3/c1-5-11-19-17(6-2)18-10-9-16(12-20-18)21(13-14(3)4)15-7-8-15/h9-10,12,14-15,17,19H,5-8,11,13H2,1-4H3. The zero-order valence-corrected chi connectivity index (χ0v) is 14.1. The molecule has 3 heteroatoms. The van der Waals surface area contributed by atoms with Gasteiger partial charge in [-0.2, -0.15) is 0 Å². The van der Waals surface area contributed by atoms with Crippen LogP contribution < -0.4 is 10.2 Å². The molecular formula is C18H31N3. The average Bonchev–Trinajstić information content (AvgIpc) is 3.31. The van der Waals surface area contributed by atoms with E-state index in [1.165, 1.54) is 30.6 Å². The van der Waals surface area contributed by atoms with Crippen LogP contribution in [-0.4, -0.2) is 24.1 Å². The van der Waals surface area contributed by atoms with Gasteiger partial charge in [0.25, 0.3) is 0 Å². The van der Waals surface area contributed by atoms with Crippen molar-refractivity contribution in [2.45, 2.75) is 65.5 Å². The van der Waals surface area contributed by atoms with E-state index in [1.807, 2.05) is 0 Å². The van der Waals surface area contributed by atoms with Crippen LogP contribution in [0, 0.1) is 5.92 Å². The van der Waals surface area contributed by atoms with Crippen LogP contribution in [-0.2, 0) is 0 Å². The zero-order chi connectivity index (χ0) is 15.2. The highest BCUT2D eigenvalue weighted by atomic mass is 15.2. The number of aromatic nitrogens is 1. The minimum Gasteiger partial charge on any atom is -0.367 e. The van der Waals surface area contributed by atoms with Gasteiger partial charge in [-0.05, 0) is 50.3 Å². The third-order valence-electron chi connectivity index (χ3n) is 4.06. The maximum atomic E-state index is 4.74. The van der Waals surface area contributed by atoms with Crippen LogP contribution in [0.5, 0.6) is 0 Å². The second-order valence-electron chi connectivity index (χ2n) is 6.63. The predicted molar refractivity (Wildman–Crippen MR) is 90.8 cm³/mol. The summed E-state index contributed by atoms with van der Waals surface area (Å²) in [6.45, 7) is 11.2. The van der Waals surface area contributed by atoms with Gasteiger partial charge in [0, 0.05) is 18.6 Å². The van der Waals surface area contributed by atoms with Crippen LogP contribution in [0.1, 0.15) is 65.1 Å². The first kappa shape index (κ1) is 16.3. The van der Waals surface area contributed by atoms with Crippen molar-refractivity contribution in [1.29, 1.82) is 0 Å². The summed E-state index contributed by atoms with van der Waals surface area (Å²) in [7, 11) is 0. The molecule has 21 heavy (non-hydrogen) atoms. The van der Waals surface area contributed by atoms with E-state index in [0.29, 0.717) is 12.0 Å². The number of nitrogens with one attached hydrogen (secondary N) is 1. The SMILES string of the molecule is CCCNC(CC)c1ccc(N(CC(C)C)C2CC2)cn1. The van der Waals surface area contributed by atoms with Crippen LogP contribution in [0.25, 0.3) is 0 Å². The molecule has 118 valence electrons. The smallest absolute Gasteiger partial charge is 0.0574 e. The van der Waals surface area contributed by atoms with E-state index >= 15 is 0 Å². The highest BCUT2D eigenvalue weighted by Gasteiger charge is 2.29. The lowest BCUT2D eigenvalue weighted by molar-refractivity contribution is 0.507. The Hall–Kier alpha value is -1.09. The Bertz CT molecular complexity index is 409. The van der Waals surface area contributed by atoms with Crippen molar-refractivity contribution in [1.82, 2.24) is 10.3 Å². The number of hydrogen-bond donors (Lipinski definition) is 1. The Balaban J connectivity index is 2.05. The summed E-state index contributed by atoms with van der Waals surface area (Å²) in [5.74, 6) is 0.694. The number of hydrogen-bond acceptors (Lipinski definition) is 3. The molecule has 0 spiro atoms. The van der Waals surface area contributed by atoms with Gasteiger partial charge in [0.05, 0.1) is 17.6 Å². The monoisotopic (exact) mass is 289 g/mol. The first-order valence-electron chi connectivity index (χ1n) is 8.61. The molecule has 1 aliphatic rings. The van der Waals surface area contributed by atoms with E-state index in [-0.39, 0.29) is 0 Å². The minimum absolute atomic E-state index is 0.387. The fourth-order valence-electron chi connectivity index (χ4n) is 2.80. The third kappa shape index (κ3) is 4.70. The summed E-state index contributed by atoms with van der Waals surface area (Å²) in [5, 5.41) is 3.58. The Kier molecular flexibility index (Phi) is 6.04. The molecule has 0 aromatic carbocycles. The van der Waals surface area contributed by atoms with Crippen LogP contribution in [0.15, 0.2) is 18.3 Å². The zero-order valence-electron chi connectivity index (χ0n) is 14.1. The van der Waals surface area contributed by atoms with E-state index in [2.05, 4.69) is 56.2 Å². The van der Waals surface area contributed by atoms with Crippen LogP contribution in [0.2, 0.25) is 0 Å². The summed E-state index contributed by atoms with van der Waals surface area (Å²) in [6, 6.07) is 5.61. The molecule has 1 atom stereocenters. The van der Waals surface area contributed by atoms with Crippen molar-refractivity contribution in [3.05, 3.63) is 24.0 Å². The predicted octanol–water partition coefficient (Wildman–Crippen LogP) is 4.16. The van der Waals surface area contributed by atoms with Gasteiger partial charge in [-0.3, -0.25) is 4.98 Å². The van der Waals surface area contributed by atoms with Gasteiger partial charge in [0.2, 0.25) is 0 Å². The average molecular weight is 289 g/mol. The second-order valence-corrected chi connectivity index (χ2v) is 6.63. The van der Waals surface area contributed by atoms with E-state index in [9.17, 15) is 0 Å². The van der Waals surface area contributed by atoms with Gasteiger partial charge in [-0.1, -0.05) is 27.7 Å². The molecule has 2 rings (SSSR count). The molecule has 3 nitrogen and oxygen atoms in total. The topological polar surface area (TPSA) is 28.2 Å². The fourth-order valence-corrected chi connectivity index (χ4v) is 2.80. The fraction of sp³-hybridized carbons (Fsp3) is 0.722. The molecule has 1 heterocycles. The van der Waals surface area contributed by atoms with Crippen molar-refractivity contribution in [2.75, 3.05) is 18.0 Å². The quantitative estimate of drug-likeness (QED) is 0.740. The summed E-state index contributed by atoms with van der Waals surface area (Å²) < 4.78 is 0. The number of rotatable bonds is 9. The highest BCUT2D eigenvalue weighted by Crippen LogP contribution is 2.32. The van der Waals surface area contributed by atoms with Gasteiger partial charge >= 0.3 is 0 Å². The van der Waals surface area contributed by atoms with Crippen molar-refractivity contribution in [3.8, 4) is 0 Å². The van der Waals surface area contributed by atoms with E-state index < -0.39 is 0 Å². The first-order chi connectivity index (χ1) is 10.2. The number of nitrogens with zero attached hydrogens (tertiary/aromatic N) is 2. The van der Waals surface area contributed by atoms with Crippen molar-refractivity contribution >= 4 is 5.69 Å². The molecule has 1 aliphatic carbocycles. The van der Waals surface area contributed by atoms with Gasteiger partial charge in [-0.25, -0.2) is 0 Å². The molecule has 1 aromatic heterocycles. The molecule has 1 unspecified atom stereocenters. The Labute approximate surface area is 130 Å². The van der Waals surface area contributed by atoms with Crippen LogP contribution in [0.4, 0.5) is 5.69 Å². The first-order valence-corrected chi connectivity index (χ1v) is 8.61. The van der Waals surface area contributed by atoms with Crippen molar-refractivity contribution in [2.24, 2.45) is 5.92 Å². The highest BCUT2D eigenvalue weighted by molar-refractivity contribution is 5.47. The molecule has 0 bridgehead atoms. The van der Waals surface area contributed by atoms with E-state index in [4.69, 9.17) is 4.98 Å². The lowest BCUT2D eigenvalue weighted by Gasteiger charge is -2.27. The summed E-state index contributed by atoms with van der Waals surface area (Å²) in [4.78, 5) is 7.28. The number of anilines is 1. The van der Waals surface area contributed by atoms with Gasteiger partial charge in [0.1, 0.15) is 0 Å². The van der Waals surface area contributed by atoms with Gasteiger partial charge < -0.3 is 10.2 Å². The number of pyridine rings is 1. The molecule has 0 amide bonds. The van der Waals surface area contributed by atoms with Gasteiger partial charge in [0.15, 0.2) is 0 Å². The maximum Gasteiger partial charge on any atom is 0.0574 e. The maximum absolute atomic E-state index is 4.74. The van der Waals surface area contributed by atoms with Crippen LogP contribution in [0.3, 0.4) is 0 Å². The molecular weight excluding hydrogens is 258 g/mol. The third-order valence-corrected chi connectivity index (χ3v) is 4.06.